The van der Waals surface area contributed by atoms with Crippen LogP contribution >= 0.6 is 0 Å². The van der Waals surface area contributed by atoms with Gasteiger partial charge in [0, 0.05) is 29.1 Å². The molecule has 0 saturated carbocycles. The van der Waals surface area contributed by atoms with Gasteiger partial charge < -0.3 is 20.8 Å². The van der Waals surface area contributed by atoms with E-state index in [1.807, 2.05) is 13.0 Å². The first kappa shape index (κ1) is 15.1. The van der Waals surface area contributed by atoms with E-state index in [2.05, 4.69) is 20.3 Å². The molecule has 1 aliphatic heterocycles. The molecule has 7 nitrogen and oxygen atoms in total. The fourth-order valence-corrected chi connectivity index (χ4v) is 2.78. The molecular formula is C17H14FN5O2. The second-order valence-electron chi connectivity index (χ2n) is 5.70. The normalized spacial score (nSPS) is 13.1. The smallest absolute Gasteiger partial charge is 0.262 e. The van der Waals surface area contributed by atoms with E-state index < -0.39 is 5.82 Å². The summed E-state index contributed by atoms with van der Waals surface area (Å²) in [6, 6.07) is 6.35. The number of amides is 1. The number of anilines is 2. The summed E-state index contributed by atoms with van der Waals surface area (Å²) in [5.74, 6) is -0.368. The molecule has 4 N–H and O–H groups in total. The number of H-pyrrole nitrogens is 1. The molecule has 0 atom stereocenters. The molecule has 0 radical (unpaired) electrons. The quantitative estimate of drug-likeness (QED) is 0.665. The molecule has 8 heteroatoms. The number of imidazole rings is 1. The summed E-state index contributed by atoms with van der Waals surface area (Å²) in [7, 11) is 0. The van der Waals surface area contributed by atoms with Gasteiger partial charge >= 0.3 is 0 Å². The lowest BCUT2D eigenvalue weighted by atomic mass is 10.0. The van der Waals surface area contributed by atoms with Crippen LogP contribution in [0, 0.1) is 12.7 Å². The van der Waals surface area contributed by atoms with Crippen LogP contribution in [0.2, 0.25) is 0 Å². The zero-order valence-corrected chi connectivity index (χ0v) is 13.3. The van der Waals surface area contributed by atoms with Crippen LogP contribution in [0.5, 0.6) is 5.75 Å². The molecule has 0 spiro atoms. The summed E-state index contributed by atoms with van der Waals surface area (Å²) in [4.78, 5) is 22.8. The molecule has 0 saturated heterocycles. The standard InChI is InChI=1S/C17H14FN5O2/c1-8-4-9(2-3-20-8)15-16(23-17(19)22-15)10-5-12-13(6-11(10)18)25-7-14(24)21-12/h2-6H,7H2,1H3,(H,21,24)(H3,19,22,23). The molecule has 1 aliphatic rings. The van der Waals surface area contributed by atoms with E-state index in [1.54, 1.807) is 12.3 Å². The highest BCUT2D eigenvalue weighted by atomic mass is 19.1. The van der Waals surface area contributed by atoms with Crippen molar-refractivity contribution >= 4 is 17.5 Å². The Morgan fingerprint density at radius 1 is 1.32 bits per heavy atom. The van der Waals surface area contributed by atoms with Gasteiger partial charge in [-0.1, -0.05) is 0 Å². The molecule has 1 amide bonds. The first-order chi connectivity index (χ1) is 12.0. The summed E-state index contributed by atoms with van der Waals surface area (Å²) < 4.78 is 19.9. The van der Waals surface area contributed by atoms with Gasteiger partial charge in [0.05, 0.1) is 11.4 Å². The Morgan fingerprint density at radius 2 is 2.16 bits per heavy atom. The third-order valence-electron chi connectivity index (χ3n) is 3.86. The number of ether oxygens (including phenoxy) is 1. The van der Waals surface area contributed by atoms with Crippen molar-refractivity contribution in [2.45, 2.75) is 6.92 Å². The maximum absolute atomic E-state index is 14.6. The average molecular weight is 339 g/mol. The molecule has 0 unspecified atom stereocenters. The number of rotatable bonds is 2. The second-order valence-corrected chi connectivity index (χ2v) is 5.70. The Bertz CT molecular complexity index is 999. The summed E-state index contributed by atoms with van der Waals surface area (Å²) in [6.07, 6.45) is 1.66. The Labute approximate surface area is 142 Å². The minimum atomic E-state index is -0.520. The number of aromatic amines is 1. The third-order valence-corrected chi connectivity index (χ3v) is 3.86. The number of carbonyl (C=O) groups excluding carboxylic acids is 1. The molecule has 1 aromatic carbocycles. The Kier molecular flexibility index (Phi) is 3.38. The van der Waals surface area contributed by atoms with Gasteiger partial charge in [0.25, 0.3) is 5.91 Å². The monoisotopic (exact) mass is 339 g/mol. The first-order valence-corrected chi connectivity index (χ1v) is 7.56. The molecule has 0 aliphatic carbocycles. The van der Waals surface area contributed by atoms with Crippen molar-refractivity contribution < 1.29 is 13.9 Å². The highest BCUT2D eigenvalue weighted by Gasteiger charge is 2.23. The number of nitrogens with zero attached hydrogens (tertiary/aromatic N) is 2. The van der Waals surface area contributed by atoms with Crippen LogP contribution in [0.4, 0.5) is 16.0 Å². The van der Waals surface area contributed by atoms with Crippen molar-refractivity contribution in [2.24, 2.45) is 0 Å². The van der Waals surface area contributed by atoms with Gasteiger partial charge in [-0.15, -0.1) is 0 Å². The molecule has 25 heavy (non-hydrogen) atoms. The molecular weight excluding hydrogens is 325 g/mol. The van der Waals surface area contributed by atoms with E-state index in [-0.39, 0.29) is 29.8 Å². The second kappa shape index (κ2) is 5.59. The summed E-state index contributed by atoms with van der Waals surface area (Å²) >= 11 is 0. The number of benzene rings is 1. The predicted molar refractivity (Wildman–Crippen MR) is 90.5 cm³/mol. The van der Waals surface area contributed by atoms with Crippen LogP contribution in [0.25, 0.3) is 22.5 Å². The lowest BCUT2D eigenvalue weighted by Gasteiger charge is -2.19. The van der Waals surface area contributed by atoms with E-state index in [4.69, 9.17) is 10.5 Å². The lowest BCUT2D eigenvalue weighted by Crippen LogP contribution is -2.25. The topological polar surface area (TPSA) is 106 Å². The molecule has 3 heterocycles. The minimum Gasteiger partial charge on any atom is -0.481 e. The summed E-state index contributed by atoms with van der Waals surface area (Å²) in [5.41, 5.74) is 8.92. The van der Waals surface area contributed by atoms with Crippen molar-refractivity contribution in [3.8, 4) is 28.3 Å². The number of hydrogen-bond donors (Lipinski definition) is 3. The number of aryl methyl sites for hydroxylation is 1. The van der Waals surface area contributed by atoms with Crippen molar-refractivity contribution in [2.75, 3.05) is 17.7 Å². The number of nitrogens with two attached hydrogens (primary N) is 1. The Balaban J connectivity index is 1.88. The zero-order chi connectivity index (χ0) is 17.6. The van der Waals surface area contributed by atoms with Gasteiger partial charge in [-0.2, -0.15) is 0 Å². The minimum absolute atomic E-state index is 0.136. The number of halogens is 1. The fraction of sp³-hybridized carbons (Fsp3) is 0.118. The van der Waals surface area contributed by atoms with Crippen molar-refractivity contribution in [1.82, 2.24) is 15.0 Å². The number of nitrogen functional groups attached to an aromatic ring is 1. The maximum Gasteiger partial charge on any atom is 0.262 e. The molecule has 2 aromatic heterocycles. The lowest BCUT2D eigenvalue weighted by molar-refractivity contribution is -0.118. The Hall–Kier alpha value is -3.42. The van der Waals surface area contributed by atoms with Gasteiger partial charge in [0.15, 0.2) is 12.6 Å². The van der Waals surface area contributed by atoms with Gasteiger partial charge in [0.2, 0.25) is 0 Å². The summed E-state index contributed by atoms with van der Waals surface area (Å²) in [5, 5.41) is 2.66. The van der Waals surface area contributed by atoms with Gasteiger partial charge in [0.1, 0.15) is 17.3 Å². The number of fused-ring (bicyclic) bond motifs is 1. The molecule has 0 bridgehead atoms. The predicted octanol–water partition coefficient (Wildman–Crippen LogP) is 2.50. The van der Waals surface area contributed by atoms with E-state index in [0.29, 0.717) is 17.1 Å². The average Bonchev–Trinajstić information content (AvgIpc) is 2.96. The fourth-order valence-electron chi connectivity index (χ4n) is 2.78. The van der Waals surface area contributed by atoms with Crippen molar-refractivity contribution in [1.29, 1.82) is 0 Å². The number of carbonyl (C=O) groups is 1. The van der Waals surface area contributed by atoms with Crippen LogP contribution in [0.3, 0.4) is 0 Å². The number of nitrogens with one attached hydrogen (secondary N) is 2. The zero-order valence-electron chi connectivity index (χ0n) is 13.3. The highest BCUT2D eigenvalue weighted by molar-refractivity contribution is 5.96. The van der Waals surface area contributed by atoms with E-state index in [1.165, 1.54) is 12.1 Å². The van der Waals surface area contributed by atoms with Crippen molar-refractivity contribution in [3.63, 3.8) is 0 Å². The maximum atomic E-state index is 14.6. The number of hydrogen-bond acceptors (Lipinski definition) is 5. The van der Waals surface area contributed by atoms with E-state index in [9.17, 15) is 9.18 Å². The number of pyridine rings is 1. The Morgan fingerprint density at radius 3 is 2.96 bits per heavy atom. The first-order valence-electron chi connectivity index (χ1n) is 7.56. The van der Waals surface area contributed by atoms with Crippen LogP contribution in [0.1, 0.15) is 5.69 Å². The van der Waals surface area contributed by atoms with Crippen LogP contribution in [-0.2, 0) is 4.79 Å². The largest absolute Gasteiger partial charge is 0.481 e. The molecule has 126 valence electrons. The third kappa shape index (κ3) is 2.67. The molecule has 3 aromatic rings. The summed E-state index contributed by atoms with van der Waals surface area (Å²) in [6.45, 7) is 1.72. The van der Waals surface area contributed by atoms with Crippen LogP contribution < -0.4 is 15.8 Å². The van der Waals surface area contributed by atoms with E-state index >= 15 is 0 Å². The van der Waals surface area contributed by atoms with Gasteiger partial charge in [-0.25, -0.2) is 9.37 Å². The SMILES string of the molecule is Cc1cc(-c2[nH]c(N)nc2-c2cc3c(cc2F)OCC(=O)N3)ccn1. The van der Waals surface area contributed by atoms with Crippen LogP contribution in [-0.4, -0.2) is 27.5 Å². The van der Waals surface area contributed by atoms with E-state index in [0.717, 1.165) is 11.3 Å². The molecule has 4 rings (SSSR count). The van der Waals surface area contributed by atoms with Gasteiger partial charge in [-0.3, -0.25) is 9.78 Å². The highest BCUT2D eigenvalue weighted by Crippen LogP contribution is 2.38. The van der Waals surface area contributed by atoms with Gasteiger partial charge in [-0.05, 0) is 25.1 Å². The van der Waals surface area contributed by atoms with Crippen molar-refractivity contribution in [3.05, 3.63) is 42.0 Å². The van der Waals surface area contributed by atoms with Crippen LogP contribution in [0.15, 0.2) is 30.5 Å². The molecule has 0 fully saturated rings. The number of aromatic nitrogens is 3.